The molecule has 0 bridgehead atoms. The fourth-order valence-electron chi connectivity index (χ4n) is 0.379. The van der Waals surface area contributed by atoms with Gasteiger partial charge >= 0.3 is 43.9 Å². The van der Waals surface area contributed by atoms with Crippen LogP contribution in [-0.4, -0.2) is 56.5 Å². The van der Waals surface area contributed by atoms with E-state index in [-0.39, 0.29) is 46.6 Å². The summed E-state index contributed by atoms with van der Waals surface area (Å²) in [5.74, 6) is 0. The van der Waals surface area contributed by atoms with Crippen molar-refractivity contribution in [2.24, 2.45) is 0 Å². The fourth-order valence-corrected chi connectivity index (χ4v) is 0.379. The van der Waals surface area contributed by atoms with Crippen LogP contribution in [0.15, 0.2) is 0 Å². The standard InChI is InChI=1S/C7H15NO3.Ca.2H/c1-4-6(3)8-11-7(9)10-5-2;;;/h6,8H,4-5H2,1-3H3;;;/q;+2;2*-1. The van der Waals surface area contributed by atoms with Crippen LogP contribution < -0.4 is 5.48 Å². The molecule has 0 amide bonds. The van der Waals surface area contributed by atoms with E-state index in [0.717, 1.165) is 6.42 Å². The van der Waals surface area contributed by atoms with E-state index in [1.807, 2.05) is 13.8 Å². The van der Waals surface area contributed by atoms with Crippen LogP contribution in [0.4, 0.5) is 4.79 Å². The van der Waals surface area contributed by atoms with Crippen molar-refractivity contribution in [1.29, 1.82) is 0 Å². The van der Waals surface area contributed by atoms with Crippen molar-refractivity contribution >= 4 is 43.9 Å². The molecule has 0 fully saturated rings. The van der Waals surface area contributed by atoms with Crippen molar-refractivity contribution in [2.45, 2.75) is 33.2 Å². The van der Waals surface area contributed by atoms with Crippen LogP contribution in [0, 0.1) is 0 Å². The predicted octanol–water partition coefficient (Wildman–Crippen LogP) is 1.31. The van der Waals surface area contributed by atoms with Crippen molar-refractivity contribution in [2.75, 3.05) is 6.61 Å². The number of hydrogen-bond donors (Lipinski definition) is 1. The molecular formula is C7H17CaNO3. The van der Waals surface area contributed by atoms with Crippen LogP contribution in [0.3, 0.4) is 0 Å². The van der Waals surface area contributed by atoms with Gasteiger partial charge in [0, 0.05) is 6.04 Å². The van der Waals surface area contributed by atoms with Gasteiger partial charge in [-0.15, -0.1) is 5.48 Å². The Balaban J connectivity index is -0.000000167. The van der Waals surface area contributed by atoms with Crippen molar-refractivity contribution in [3.05, 3.63) is 0 Å². The average Bonchev–Trinajstić information content (AvgIpc) is 2.01. The first-order chi connectivity index (χ1) is 5.20. The molecule has 0 aromatic heterocycles. The molecule has 1 unspecified atom stereocenters. The van der Waals surface area contributed by atoms with Gasteiger partial charge in [-0.3, -0.25) is 0 Å². The first kappa shape index (κ1) is 15.0. The van der Waals surface area contributed by atoms with E-state index in [4.69, 9.17) is 0 Å². The summed E-state index contributed by atoms with van der Waals surface area (Å²) in [5, 5.41) is 0. The van der Waals surface area contributed by atoms with Crippen molar-refractivity contribution in [3.8, 4) is 0 Å². The van der Waals surface area contributed by atoms with Gasteiger partial charge in [-0.2, -0.15) is 0 Å². The Morgan fingerprint density at radius 1 is 1.58 bits per heavy atom. The number of ether oxygens (including phenoxy) is 1. The molecular weight excluding hydrogens is 186 g/mol. The Hall–Kier alpha value is 0.490. The Bertz CT molecular complexity index is 130. The van der Waals surface area contributed by atoms with Gasteiger partial charge in [-0.25, -0.2) is 4.79 Å². The molecule has 0 aromatic rings. The molecule has 0 spiro atoms. The summed E-state index contributed by atoms with van der Waals surface area (Å²) in [6.45, 7) is 5.97. The molecule has 4 nitrogen and oxygen atoms in total. The van der Waals surface area contributed by atoms with Gasteiger partial charge in [0.15, 0.2) is 0 Å². The summed E-state index contributed by atoms with van der Waals surface area (Å²) < 4.78 is 4.51. The smallest absolute Gasteiger partial charge is 1.00 e. The molecule has 1 atom stereocenters. The summed E-state index contributed by atoms with van der Waals surface area (Å²) in [5.41, 5.74) is 2.54. The molecule has 0 aliphatic heterocycles. The van der Waals surface area contributed by atoms with Gasteiger partial charge in [0.2, 0.25) is 0 Å². The number of hydrogen-bond acceptors (Lipinski definition) is 4. The summed E-state index contributed by atoms with van der Waals surface area (Å²) in [7, 11) is 0. The molecule has 0 saturated carbocycles. The van der Waals surface area contributed by atoms with E-state index in [1.165, 1.54) is 0 Å². The van der Waals surface area contributed by atoms with Gasteiger partial charge in [-0.05, 0) is 20.3 Å². The van der Waals surface area contributed by atoms with Crippen LogP contribution in [0.1, 0.15) is 30.0 Å². The van der Waals surface area contributed by atoms with Crippen molar-refractivity contribution in [1.82, 2.24) is 5.48 Å². The Morgan fingerprint density at radius 2 is 2.17 bits per heavy atom. The van der Waals surface area contributed by atoms with Crippen LogP contribution in [0.5, 0.6) is 0 Å². The number of hydroxylamine groups is 1. The summed E-state index contributed by atoms with van der Waals surface area (Å²) >= 11 is 0. The molecule has 0 rings (SSSR count). The van der Waals surface area contributed by atoms with Crippen molar-refractivity contribution < 1.29 is 17.2 Å². The van der Waals surface area contributed by atoms with Gasteiger partial charge in [-0.1, -0.05) is 6.92 Å². The van der Waals surface area contributed by atoms with Crippen LogP contribution in [0.25, 0.3) is 0 Å². The van der Waals surface area contributed by atoms with Gasteiger partial charge in [0.25, 0.3) is 0 Å². The minimum Gasteiger partial charge on any atom is -1.00 e. The SMILES string of the molecule is CCOC(=O)ONC(C)CC.[Ca+2].[H-].[H-]. The number of nitrogens with one attached hydrogen (secondary N) is 1. The maximum atomic E-state index is 10.6. The molecule has 0 aliphatic carbocycles. The topological polar surface area (TPSA) is 47.6 Å². The summed E-state index contributed by atoms with van der Waals surface area (Å²) in [6, 6.07) is 0.166. The second kappa shape index (κ2) is 9.58. The van der Waals surface area contributed by atoms with E-state index in [2.05, 4.69) is 15.1 Å². The van der Waals surface area contributed by atoms with E-state index in [0.29, 0.717) is 6.61 Å². The molecule has 0 heterocycles. The summed E-state index contributed by atoms with van der Waals surface area (Å²) in [6.07, 6.45) is 0.229. The normalized spacial score (nSPS) is 11.2. The quantitative estimate of drug-likeness (QED) is 0.425. The largest absolute Gasteiger partial charge is 2.00 e. The Kier molecular flexibility index (Phi) is 12.0. The first-order valence-corrected chi connectivity index (χ1v) is 3.79. The Morgan fingerprint density at radius 3 is 2.58 bits per heavy atom. The second-order valence-electron chi connectivity index (χ2n) is 2.21. The van der Waals surface area contributed by atoms with Crippen molar-refractivity contribution in [3.63, 3.8) is 0 Å². The maximum Gasteiger partial charge on any atom is 2.00 e. The molecule has 5 heteroatoms. The molecule has 0 saturated heterocycles. The van der Waals surface area contributed by atoms with Gasteiger partial charge in [0.1, 0.15) is 0 Å². The molecule has 0 aliphatic rings. The van der Waals surface area contributed by atoms with E-state index in [1.54, 1.807) is 6.92 Å². The maximum absolute atomic E-state index is 10.6. The molecule has 1 N–H and O–H groups in total. The number of carbonyl (C=O) groups is 1. The molecule has 0 aromatic carbocycles. The zero-order valence-corrected chi connectivity index (χ0v) is 10.1. The third-order valence-corrected chi connectivity index (χ3v) is 1.22. The predicted molar refractivity (Wildman–Crippen MR) is 49.0 cm³/mol. The first-order valence-electron chi connectivity index (χ1n) is 3.79. The fraction of sp³-hybridized carbons (Fsp3) is 0.857. The summed E-state index contributed by atoms with van der Waals surface area (Å²) in [4.78, 5) is 15.1. The van der Waals surface area contributed by atoms with Crippen LogP contribution >= 0.6 is 0 Å². The van der Waals surface area contributed by atoms with Gasteiger partial charge < -0.3 is 12.4 Å². The third-order valence-electron chi connectivity index (χ3n) is 1.22. The van der Waals surface area contributed by atoms with Gasteiger partial charge in [0.05, 0.1) is 6.61 Å². The zero-order chi connectivity index (χ0) is 8.69. The number of carbonyl (C=O) groups excluding carboxylic acids is 1. The second-order valence-corrected chi connectivity index (χ2v) is 2.21. The Labute approximate surface area is 106 Å². The molecule has 70 valence electrons. The molecule has 12 heavy (non-hydrogen) atoms. The zero-order valence-electron chi connectivity index (χ0n) is 9.92. The third kappa shape index (κ3) is 8.59. The van der Waals surface area contributed by atoms with Crippen LogP contribution in [0.2, 0.25) is 0 Å². The van der Waals surface area contributed by atoms with Crippen LogP contribution in [-0.2, 0) is 9.57 Å². The average molecular weight is 203 g/mol. The minimum absolute atomic E-state index is 0. The van der Waals surface area contributed by atoms with E-state index >= 15 is 0 Å². The monoisotopic (exact) mass is 203 g/mol. The minimum atomic E-state index is -0.673. The van der Waals surface area contributed by atoms with E-state index < -0.39 is 6.16 Å². The molecule has 0 radical (unpaired) electrons. The van der Waals surface area contributed by atoms with E-state index in [9.17, 15) is 4.79 Å². The number of rotatable bonds is 4.